The number of nitrogens with zero attached hydrogens (tertiary/aromatic N) is 1. The van der Waals surface area contributed by atoms with Crippen LogP contribution in [0.2, 0.25) is 0 Å². The molecule has 0 saturated carbocycles. The van der Waals surface area contributed by atoms with Crippen LogP contribution in [0.4, 0.5) is 5.69 Å². The number of benzene rings is 2. The highest BCUT2D eigenvalue weighted by atomic mass is 32.2. The van der Waals surface area contributed by atoms with Crippen LogP contribution in [0.25, 0.3) is 0 Å². The summed E-state index contributed by atoms with van der Waals surface area (Å²) in [5.41, 5.74) is 2.31. The Kier molecular flexibility index (Phi) is 3.50. The normalized spacial score (nSPS) is 17.4. The van der Waals surface area contributed by atoms with Gasteiger partial charge in [-0.3, -0.25) is 4.79 Å². The Morgan fingerprint density at radius 2 is 1.91 bits per heavy atom. The molecule has 1 aliphatic heterocycles. The molecule has 0 fully saturated rings. The van der Waals surface area contributed by atoms with Gasteiger partial charge < -0.3 is 4.90 Å². The van der Waals surface area contributed by atoms with Crippen LogP contribution in [-0.4, -0.2) is 20.4 Å². The van der Waals surface area contributed by atoms with Crippen LogP contribution in [0.5, 0.6) is 0 Å². The number of para-hydroxylation sites is 1. The van der Waals surface area contributed by atoms with Crippen LogP contribution in [0.15, 0.2) is 53.4 Å². The minimum atomic E-state index is -3.83. The zero-order valence-corrected chi connectivity index (χ0v) is 12.9. The SMILES string of the molecule is C[C@@H]1Cc2ccccc2N1C(=O)c1cccc(S(N)(=O)=O)c1. The second kappa shape index (κ2) is 5.23. The number of carbonyl (C=O) groups is 1. The molecule has 2 N–H and O–H groups in total. The van der Waals surface area contributed by atoms with Gasteiger partial charge in [-0.15, -0.1) is 0 Å². The van der Waals surface area contributed by atoms with Gasteiger partial charge in [0.05, 0.1) is 4.90 Å². The van der Waals surface area contributed by atoms with Crippen molar-refractivity contribution in [3.05, 3.63) is 59.7 Å². The summed E-state index contributed by atoms with van der Waals surface area (Å²) < 4.78 is 22.9. The summed E-state index contributed by atoms with van der Waals surface area (Å²) in [5.74, 6) is -0.219. The number of primary sulfonamides is 1. The number of hydrogen-bond acceptors (Lipinski definition) is 3. The van der Waals surface area contributed by atoms with E-state index in [1.807, 2.05) is 31.2 Å². The molecular formula is C16H16N2O3S. The van der Waals surface area contributed by atoms with Gasteiger partial charge in [-0.25, -0.2) is 13.6 Å². The molecule has 6 heteroatoms. The van der Waals surface area contributed by atoms with Crippen molar-refractivity contribution in [2.24, 2.45) is 5.14 Å². The summed E-state index contributed by atoms with van der Waals surface area (Å²) in [5, 5.41) is 5.13. The lowest BCUT2D eigenvalue weighted by Gasteiger charge is -2.23. The first-order valence-corrected chi connectivity index (χ1v) is 8.47. The Bertz CT molecular complexity index is 846. The molecule has 0 aromatic heterocycles. The van der Waals surface area contributed by atoms with E-state index in [2.05, 4.69) is 0 Å². The van der Waals surface area contributed by atoms with Gasteiger partial charge in [-0.05, 0) is 43.2 Å². The number of nitrogens with two attached hydrogens (primary N) is 1. The number of rotatable bonds is 2. The number of anilines is 1. The average Bonchev–Trinajstić information content (AvgIpc) is 2.81. The fraction of sp³-hybridized carbons (Fsp3) is 0.188. The van der Waals surface area contributed by atoms with Gasteiger partial charge in [-0.1, -0.05) is 24.3 Å². The van der Waals surface area contributed by atoms with Crippen LogP contribution in [0.1, 0.15) is 22.8 Å². The first kappa shape index (κ1) is 14.7. The second-order valence-corrected chi connectivity index (χ2v) is 6.99. The van der Waals surface area contributed by atoms with E-state index < -0.39 is 10.0 Å². The van der Waals surface area contributed by atoms with Crippen LogP contribution in [0, 0.1) is 0 Å². The summed E-state index contributed by atoms with van der Waals surface area (Å²) in [4.78, 5) is 14.4. The Morgan fingerprint density at radius 1 is 1.18 bits per heavy atom. The minimum absolute atomic E-state index is 0.0306. The average molecular weight is 316 g/mol. The number of sulfonamides is 1. The fourth-order valence-electron chi connectivity index (χ4n) is 2.82. The maximum absolute atomic E-state index is 12.8. The quantitative estimate of drug-likeness (QED) is 0.919. The molecule has 0 saturated heterocycles. The van der Waals surface area contributed by atoms with Gasteiger partial charge in [0.1, 0.15) is 0 Å². The molecule has 0 aliphatic carbocycles. The molecule has 1 heterocycles. The Labute approximate surface area is 129 Å². The van der Waals surface area contributed by atoms with Crippen molar-refractivity contribution < 1.29 is 13.2 Å². The molecule has 0 bridgehead atoms. The summed E-state index contributed by atoms with van der Waals surface area (Å²) in [7, 11) is -3.83. The van der Waals surface area contributed by atoms with E-state index >= 15 is 0 Å². The van der Waals surface area contributed by atoms with Gasteiger partial charge >= 0.3 is 0 Å². The monoisotopic (exact) mass is 316 g/mol. The molecule has 5 nitrogen and oxygen atoms in total. The van der Waals surface area contributed by atoms with E-state index in [1.165, 1.54) is 18.2 Å². The predicted molar refractivity (Wildman–Crippen MR) is 84.2 cm³/mol. The molecule has 22 heavy (non-hydrogen) atoms. The van der Waals surface area contributed by atoms with E-state index in [4.69, 9.17) is 5.14 Å². The van der Waals surface area contributed by atoms with Crippen LogP contribution >= 0.6 is 0 Å². The maximum atomic E-state index is 12.8. The van der Waals surface area contributed by atoms with Crippen molar-refractivity contribution in [1.29, 1.82) is 0 Å². The van der Waals surface area contributed by atoms with E-state index in [9.17, 15) is 13.2 Å². The zero-order chi connectivity index (χ0) is 15.9. The van der Waals surface area contributed by atoms with E-state index in [-0.39, 0.29) is 16.8 Å². The molecule has 1 aliphatic rings. The lowest BCUT2D eigenvalue weighted by atomic mass is 10.1. The lowest BCUT2D eigenvalue weighted by Crippen LogP contribution is -2.35. The van der Waals surface area contributed by atoms with Gasteiger partial charge in [-0.2, -0.15) is 0 Å². The van der Waals surface area contributed by atoms with Gasteiger partial charge in [0.2, 0.25) is 10.0 Å². The van der Waals surface area contributed by atoms with Crippen molar-refractivity contribution in [3.63, 3.8) is 0 Å². The molecule has 1 atom stereocenters. The largest absolute Gasteiger partial charge is 0.305 e. The zero-order valence-electron chi connectivity index (χ0n) is 12.1. The van der Waals surface area contributed by atoms with Crippen LogP contribution in [-0.2, 0) is 16.4 Å². The molecule has 0 spiro atoms. The topological polar surface area (TPSA) is 80.5 Å². The fourth-order valence-corrected chi connectivity index (χ4v) is 3.38. The van der Waals surface area contributed by atoms with E-state index in [0.29, 0.717) is 5.56 Å². The second-order valence-electron chi connectivity index (χ2n) is 5.43. The highest BCUT2D eigenvalue weighted by Gasteiger charge is 2.31. The highest BCUT2D eigenvalue weighted by molar-refractivity contribution is 7.89. The summed E-state index contributed by atoms with van der Waals surface area (Å²) in [6.07, 6.45) is 0.788. The Hall–Kier alpha value is -2.18. The minimum Gasteiger partial charge on any atom is -0.305 e. The molecule has 114 valence electrons. The van der Waals surface area contributed by atoms with E-state index in [1.54, 1.807) is 11.0 Å². The lowest BCUT2D eigenvalue weighted by molar-refractivity contribution is 0.0981. The molecule has 0 radical (unpaired) electrons. The van der Waals surface area contributed by atoms with Crippen molar-refractivity contribution in [3.8, 4) is 0 Å². The first-order valence-electron chi connectivity index (χ1n) is 6.92. The third-order valence-electron chi connectivity index (χ3n) is 3.84. The predicted octanol–water partition coefficient (Wildman–Crippen LogP) is 1.93. The van der Waals surface area contributed by atoms with E-state index in [0.717, 1.165) is 17.7 Å². The standard InChI is InChI=1S/C16H16N2O3S/c1-11-9-12-5-2-3-8-15(12)18(11)16(19)13-6-4-7-14(10-13)22(17,20)21/h2-8,10-11H,9H2,1H3,(H2,17,20,21)/t11-/m1/s1. The molecule has 0 unspecified atom stereocenters. The first-order chi connectivity index (χ1) is 10.4. The Morgan fingerprint density at radius 3 is 2.64 bits per heavy atom. The summed E-state index contributed by atoms with van der Waals surface area (Å²) >= 11 is 0. The van der Waals surface area contributed by atoms with Gasteiger partial charge in [0, 0.05) is 17.3 Å². The van der Waals surface area contributed by atoms with Crippen molar-refractivity contribution in [1.82, 2.24) is 0 Å². The molecule has 2 aromatic carbocycles. The van der Waals surface area contributed by atoms with Gasteiger partial charge in [0.15, 0.2) is 0 Å². The third kappa shape index (κ3) is 2.51. The number of amides is 1. The van der Waals surface area contributed by atoms with Crippen molar-refractivity contribution in [2.75, 3.05) is 4.90 Å². The summed E-state index contributed by atoms with van der Waals surface area (Å²) in [6.45, 7) is 1.97. The molecular weight excluding hydrogens is 300 g/mol. The number of hydrogen-bond donors (Lipinski definition) is 1. The smallest absolute Gasteiger partial charge is 0.258 e. The maximum Gasteiger partial charge on any atom is 0.258 e. The molecule has 2 aromatic rings. The van der Waals surface area contributed by atoms with Gasteiger partial charge in [0.25, 0.3) is 5.91 Å². The molecule has 1 amide bonds. The van der Waals surface area contributed by atoms with Crippen LogP contribution in [0.3, 0.4) is 0 Å². The molecule has 3 rings (SSSR count). The van der Waals surface area contributed by atoms with Crippen LogP contribution < -0.4 is 10.0 Å². The van der Waals surface area contributed by atoms with Crippen molar-refractivity contribution >= 4 is 21.6 Å². The number of fused-ring (bicyclic) bond motifs is 1. The highest BCUT2D eigenvalue weighted by Crippen LogP contribution is 2.33. The van der Waals surface area contributed by atoms with Crippen molar-refractivity contribution in [2.45, 2.75) is 24.3 Å². The number of carbonyl (C=O) groups excluding carboxylic acids is 1. The summed E-state index contributed by atoms with van der Waals surface area (Å²) in [6, 6.07) is 13.6. The Balaban J connectivity index is 2.02. The third-order valence-corrected chi connectivity index (χ3v) is 4.75.